The summed E-state index contributed by atoms with van der Waals surface area (Å²) >= 11 is 1.75. The monoisotopic (exact) mass is 217 g/mol. The van der Waals surface area contributed by atoms with Gasteiger partial charge in [0.05, 0.1) is 18.2 Å². The predicted octanol–water partition coefficient (Wildman–Crippen LogP) is 1.75. The molecule has 0 saturated heterocycles. The Morgan fingerprint density at radius 1 is 1.53 bits per heavy atom. The highest BCUT2D eigenvalue weighted by Gasteiger charge is 2.05. The van der Waals surface area contributed by atoms with Crippen molar-refractivity contribution >= 4 is 16.9 Å². The second-order valence-corrected chi connectivity index (χ2v) is 4.28. The Labute approximate surface area is 93.2 Å². The summed E-state index contributed by atoms with van der Waals surface area (Å²) in [6.07, 6.45) is 0. The molecule has 0 radical (unpaired) electrons. The maximum Gasteiger partial charge on any atom is 0.156 e. The zero-order valence-electron chi connectivity index (χ0n) is 8.23. The minimum atomic E-state index is 0.704. The van der Waals surface area contributed by atoms with Crippen LogP contribution in [-0.2, 0) is 6.54 Å². The quantitative estimate of drug-likeness (QED) is 0.821. The first kappa shape index (κ1) is 10.1. The molecule has 0 aromatic heterocycles. The molecule has 1 aliphatic heterocycles. The number of hydrogen-bond donors (Lipinski definition) is 1. The van der Waals surface area contributed by atoms with Crippen LogP contribution >= 0.6 is 11.8 Å². The first-order valence-electron chi connectivity index (χ1n) is 4.78. The predicted molar refractivity (Wildman–Crippen MR) is 62.8 cm³/mol. The molecule has 0 aliphatic carbocycles. The number of benzene rings is 1. The van der Waals surface area contributed by atoms with Crippen molar-refractivity contribution in [3.05, 3.63) is 35.4 Å². The van der Waals surface area contributed by atoms with E-state index in [-0.39, 0.29) is 0 Å². The molecule has 0 amide bonds. The largest absolute Gasteiger partial charge is 0.361 e. The van der Waals surface area contributed by atoms with Gasteiger partial charge in [-0.1, -0.05) is 23.9 Å². The zero-order chi connectivity index (χ0) is 10.5. The Balaban J connectivity index is 1.96. The van der Waals surface area contributed by atoms with E-state index in [1.54, 1.807) is 11.8 Å². The number of thioether (sulfide) groups is 1. The smallest absolute Gasteiger partial charge is 0.156 e. The molecule has 0 bridgehead atoms. The van der Waals surface area contributed by atoms with Crippen LogP contribution in [0.4, 0.5) is 0 Å². The molecule has 0 fully saturated rings. The summed E-state index contributed by atoms with van der Waals surface area (Å²) in [6.45, 7) is 1.65. The average Bonchev–Trinajstić information content (AvgIpc) is 2.79. The van der Waals surface area contributed by atoms with Crippen molar-refractivity contribution in [2.24, 2.45) is 4.99 Å². The Hall–Kier alpha value is -1.47. The lowest BCUT2D eigenvalue weighted by Crippen LogP contribution is -2.18. The van der Waals surface area contributed by atoms with Gasteiger partial charge in [0, 0.05) is 12.3 Å². The third-order valence-electron chi connectivity index (χ3n) is 2.09. The fourth-order valence-electron chi connectivity index (χ4n) is 1.37. The van der Waals surface area contributed by atoms with Gasteiger partial charge in [-0.15, -0.1) is 0 Å². The summed E-state index contributed by atoms with van der Waals surface area (Å²) in [6, 6.07) is 9.75. The van der Waals surface area contributed by atoms with Crippen LogP contribution in [0, 0.1) is 11.3 Å². The summed E-state index contributed by atoms with van der Waals surface area (Å²) in [4.78, 5) is 4.30. The lowest BCUT2D eigenvalue weighted by Gasteiger charge is -2.04. The van der Waals surface area contributed by atoms with Crippen LogP contribution in [0.3, 0.4) is 0 Å². The topological polar surface area (TPSA) is 48.2 Å². The molecule has 0 unspecified atom stereocenters. The summed E-state index contributed by atoms with van der Waals surface area (Å²) < 4.78 is 0. The van der Waals surface area contributed by atoms with Gasteiger partial charge in [-0.25, -0.2) is 0 Å². The van der Waals surface area contributed by atoms with Gasteiger partial charge >= 0.3 is 0 Å². The highest BCUT2D eigenvalue weighted by molar-refractivity contribution is 8.14. The van der Waals surface area contributed by atoms with Gasteiger partial charge < -0.3 is 5.32 Å². The summed E-state index contributed by atoms with van der Waals surface area (Å²) in [5.74, 6) is 1.07. The number of rotatable bonds is 2. The fraction of sp³-hybridized carbons (Fsp3) is 0.273. The van der Waals surface area contributed by atoms with E-state index in [4.69, 9.17) is 5.26 Å². The summed E-state index contributed by atoms with van der Waals surface area (Å²) in [5, 5.41) is 13.0. The van der Waals surface area contributed by atoms with E-state index in [0.717, 1.165) is 29.6 Å². The van der Waals surface area contributed by atoms with Crippen molar-refractivity contribution in [1.82, 2.24) is 5.32 Å². The molecule has 1 N–H and O–H groups in total. The van der Waals surface area contributed by atoms with E-state index >= 15 is 0 Å². The number of amidine groups is 1. The Kier molecular flexibility index (Phi) is 3.25. The first-order chi connectivity index (χ1) is 7.38. The minimum Gasteiger partial charge on any atom is -0.361 e. The molecule has 0 spiro atoms. The van der Waals surface area contributed by atoms with Gasteiger partial charge in [0.2, 0.25) is 0 Å². The third-order valence-corrected chi connectivity index (χ3v) is 3.02. The standard InChI is InChI=1S/C11H11N3S/c12-7-9-2-1-3-10(6-9)8-14-11-13-4-5-15-11/h1-3,6H,4-5,8H2,(H,13,14). The van der Waals surface area contributed by atoms with Crippen LogP contribution in [0.2, 0.25) is 0 Å². The SMILES string of the molecule is N#Cc1cccc(CNC2=NCCS2)c1. The van der Waals surface area contributed by atoms with Crippen molar-refractivity contribution in [1.29, 1.82) is 5.26 Å². The molecular weight excluding hydrogens is 206 g/mol. The molecule has 1 aromatic rings. The summed E-state index contributed by atoms with van der Waals surface area (Å²) in [5.41, 5.74) is 1.82. The highest BCUT2D eigenvalue weighted by Crippen LogP contribution is 2.10. The molecule has 4 heteroatoms. The van der Waals surface area contributed by atoms with Crippen molar-refractivity contribution in [3.8, 4) is 6.07 Å². The Morgan fingerprint density at radius 2 is 2.47 bits per heavy atom. The zero-order valence-corrected chi connectivity index (χ0v) is 9.05. The number of hydrogen-bond acceptors (Lipinski definition) is 4. The molecular formula is C11H11N3S. The van der Waals surface area contributed by atoms with Crippen LogP contribution in [0.15, 0.2) is 29.3 Å². The Morgan fingerprint density at radius 3 is 3.20 bits per heavy atom. The van der Waals surface area contributed by atoms with Crippen molar-refractivity contribution in [3.63, 3.8) is 0 Å². The van der Waals surface area contributed by atoms with Crippen LogP contribution in [-0.4, -0.2) is 17.5 Å². The van der Waals surface area contributed by atoms with Gasteiger partial charge in [-0.05, 0) is 17.7 Å². The molecule has 3 nitrogen and oxygen atoms in total. The number of nitriles is 1. The molecule has 1 aromatic carbocycles. The number of nitrogens with one attached hydrogen (secondary N) is 1. The van der Waals surface area contributed by atoms with Gasteiger partial charge in [-0.3, -0.25) is 4.99 Å². The van der Waals surface area contributed by atoms with Crippen LogP contribution in [0.1, 0.15) is 11.1 Å². The molecule has 2 rings (SSSR count). The summed E-state index contributed by atoms with van der Waals surface area (Å²) in [7, 11) is 0. The van der Waals surface area contributed by atoms with Gasteiger partial charge in [0.15, 0.2) is 5.17 Å². The van der Waals surface area contributed by atoms with E-state index in [1.807, 2.05) is 24.3 Å². The number of nitrogens with zero attached hydrogens (tertiary/aromatic N) is 2. The van der Waals surface area contributed by atoms with Crippen molar-refractivity contribution in [2.45, 2.75) is 6.54 Å². The molecule has 15 heavy (non-hydrogen) atoms. The molecule has 76 valence electrons. The third kappa shape index (κ3) is 2.74. The van der Waals surface area contributed by atoms with Crippen LogP contribution in [0.5, 0.6) is 0 Å². The van der Waals surface area contributed by atoms with Gasteiger partial charge in [-0.2, -0.15) is 5.26 Å². The second kappa shape index (κ2) is 4.85. The van der Waals surface area contributed by atoms with E-state index in [9.17, 15) is 0 Å². The van der Waals surface area contributed by atoms with E-state index in [0.29, 0.717) is 5.56 Å². The highest BCUT2D eigenvalue weighted by atomic mass is 32.2. The van der Waals surface area contributed by atoms with Crippen LogP contribution < -0.4 is 5.32 Å². The fourth-order valence-corrected chi connectivity index (χ4v) is 2.10. The minimum absolute atomic E-state index is 0.704. The maximum absolute atomic E-state index is 8.74. The van der Waals surface area contributed by atoms with Gasteiger partial charge in [0.1, 0.15) is 0 Å². The molecule has 1 aliphatic rings. The lowest BCUT2D eigenvalue weighted by atomic mass is 10.1. The molecule has 0 saturated carbocycles. The lowest BCUT2D eigenvalue weighted by molar-refractivity contribution is 0.922. The Bertz CT molecular complexity index is 420. The van der Waals surface area contributed by atoms with E-state index < -0.39 is 0 Å². The first-order valence-corrected chi connectivity index (χ1v) is 5.77. The van der Waals surface area contributed by atoms with Gasteiger partial charge in [0.25, 0.3) is 0 Å². The van der Waals surface area contributed by atoms with E-state index in [1.165, 1.54) is 0 Å². The molecule has 1 heterocycles. The normalized spacial score (nSPS) is 14.5. The number of aliphatic imine (C=N–C) groups is 1. The van der Waals surface area contributed by atoms with E-state index in [2.05, 4.69) is 16.4 Å². The second-order valence-electron chi connectivity index (χ2n) is 3.20. The van der Waals surface area contributed by atoms with Crippen molar-refractivity contribution in [2.75, 3.05) is 12.3 Å². The maximum atomic E-state index is 8.74. The average molecular weight is 217 g/mol. The van der Waals surface area contributed by atoms with Crippen molar-refractivity contribution < 1.29 is 0 Å². The molecule has 0 atom stereocenters. The van der Waals surface area contributed by atoms with Crippen LogP contribution in [0.25, 0.3) is 0 Å².